The average Bonchev–Trinajstić information content (AvgIpc) is 2.05. The van der Waals surface area contributed by atoms with E-state index in [1.165, 1.54) is 11.1 Å². The minimum atomic E-state index is 0.726. The quantitative estimate of drug-likeness (QED) is 0.549. The molecule has 0 unspecified atom stereocenters. The minimum Gasteiger partial charge on any atom is -0.264 e. The van der Waals surface area contributed by atoms with Crippen molar-refractivity contribution in [1.29, 1.82) is 0 Å². The molecule has 0 aromatic carbocycles. The molecular formula is C9H12ClNS. The van der Waals surface area contributed by atoms with E-state index in [4.69, 9.17) is 11.6 Å². The molecule has 0 bridgehead atoms. The number of rotatable bonds is 4. The molecule has 0 atom stereocenters. The van der Waals surface area contributed by atoms with Crippen LogP contribution in [0, 0.1) is 6.92 Å². The number of halogens is 1. The van der Waals surface area contributed by atoms with Crippen molar-refractivity contribution in [3.8, 4) is 0 Å². The molecule has 0 saturated carbocycles. The van der Waals surface area contributed by atoms with Crippen molar-refractivity contribution in [2.45, 2.75) is 12.7 Å². The van der Waals surface area contributed by atoms with Gasteiger partial charge < -0.3 is 0 Å². The molecule has 0 aliphatic carbocycles. The largest absolute Gasteiger partial charge is 0.264 e. The van der Waals surface area contributed by atoms with Crippen LogP contribution in [-0.4, -0.2) is 16.6 Å². The van der Waals surface area contributed by atoms with Crippen molar-refractivity contribution in [3.05, 3.63) is 29.6 Å². The second-order valence-electron chi connectivity index (χ2n) is 2.61. The van der Waals surface area contributed by atoms with E-state index in [1.807, 2.05) is 24.2 Å². The third-order valence-electron chi connectivity index (χ3n) is 1.42. The van der Waals surface area contributed by atoms with Gasteiger partial charge in [0.1, 0.15) is 0 Å². The Labute approximate surface area is 82.5 Å². The summed E-state index contributed by atoms with van der Waals surface area (Å²) in [5.41, 5.74) is 2.50. The molecule has 0 N–H and O–H groups in total. The molecule has 0 fully saturated rings. The Morgan fingerprint density at radius 1 is 1.50 bits per heavy atom. The lowest BCUT2D eigenvalue weighted by molar-refractivity contribution is 1.21. The first-order valence-electron chi connectivity index (χ1n) is 3.87. The topological polar surface area (TPSA) is 12.9 Å². The maximum atomic E-state index is 5.56. The van der Waals surface area contributed by atoms with Crippen LogP contribution in [0.3, 0.4) is 0 Å². The summed E-state index contributed by atoms with van der Waals surface area (Å²) in [7, 11) is 0. The Morgan fingerprint density at radius 3 is 3.00 bits per heavy atom. The van der Waals surface area contributed by atoms with Gasteiger partial charge in [0.05, 0.1) is 0 Å². The monoisotopic (exact) mass is 201 g/mol. The second kappa shape index (κ2) is 5.44. The van der Waals surface area contributed by atoms with Gasteiger partial charge in [-0.2, -0.15) is 11.8 Å². The minimum absolute atomic E-state index is 0.726. The van der Waals surface area contributed by atoms with E-state index in [0.29, 0.717) is 0 Å². The molecule has 0 amide bonds. The maximum absolute atomic E-state index is 5.56. The lowest BCUT2D eigenvalue weighted by Gasteiger charge is -1.99. The summed E-state index contributed by atoms with van der Waals surface area (Å²) in [6.07, 6.45) is 3.78. The predicted octanol–water partition coefficient (Wildman–Crippen LogP) is 2.86. The molecule has 1 aromatic heterocycles. The molecule has 0 radical (unpaired) electrons. The number of alkyl halides is 1. The zero-order valence-corrected chi connectivity index (χ0v) is 8.66. The fourth-order valence-corrected chi connectivity index (χ4v) is 1.92. The van der Waals surface area contributed by atoms with Crippen molar-refractivity contribution in [2.75, 3.05) is 11.6 Å². The lowest BCUT2D eigenvalue weighted by atomic mass is 10.2. The first kappa shape index (κ1) is 9.87. The Morgan fingerprint density at radius 2 is 2.33 bits per heavy atom. The van der Waals surface area contributed by atoms with Gasteiger partial charge in [-0.05, 0) is 18.1 Å². The SMILES string of the molecule is Cc1cncc(CSCCCl)c1. The van der Waals surface area contributed by atoms with Crippen LogP contribution < -0.4 is 0 Å². The number of hydrogen-bond acceptors (Lipinski definition) is 2. The molecule has 3 heteroatoms. The molecule has 0 saturated heterocycles. The molecule has 66 valence electrons. The van der Waals surface area contributed by atoms with Crippen LogP contribution in [0.25, 0.3) is 0 Å². The van der Waals surface area contributed by atoms with Crippen molar-refractivity contribution in [3.63, 3.8) is 0 Å². The number of thioether (sulfide) groups is 1. The van der Waals surface area contributed by atoms with Crippen molar-refractivity contribution < 1.29 is 0 Å². The summed E-state index contributed by atoms with van der Waals surface area (Å²) < 4.78 is 0. The van der Waals surface area contributed by atoms with Crippen molar-refractivity contribution in [2.24, 2.45) is 0 Å². The van der Waals surface area contributed by atoms with Gasteiger partial charge in [0.25, 0.3) is 0 Å². The van der Waals surface area contributed by atoms with E-state index in [-0.39, 0.29) is 0 Å². The highest BCUT2D eigenvalue weighted by atomic mass is 35.5. The average molecular weight is 202 g/mol. The molecule has 1 heterocycles. The molecule has 0 aliphatic heterocycles. The summed E-state index contributed by atoms with van der Waals surface area (Å²) in [5.74, 6) is 2.75. The molecule has 1 nitrogen and oxygen atoms in total. The zero-order valence-electron chi connectivity index (χ0n) is 7.09. The summed E-state index contributed by atoms with van der Waals surface area (Å²) >= 11 is 7.41. The van der Waals surface area contributed by atoms with Crippen molar-refractivity contribution >= 4 is 23.4 Å². The maximum Gasteiger partial charge on any atom is 0.0314 e. The van der Waals surface area contributed by atoms with E-state index in [2.05, 4.69) is 18.0 Å². The van der Waals surface area contributed by atoms with Crippen LogP contribution in [-0.2, 0) is 5.75 Å². The van der Waals surface area contributed by atoms with Gasteiger partial charge in [-0.25, -0.2) is 0 Å². The number of pyridine rings is 1. The van der Waals surface area contributed by atoms with E-state index in [9.17, 15) is 0 Å². The molecule has 0 spiro atoms. The summed E-state index contributed by atoms with van der Waals surface area (Å²) in [4.78, 5) is 4.12. The first-order chi connectivity index (χ1) is 5.83. The standard InChI is InChI=1S/C9H12ClNS/c1-8-4-9(6-11-5-8)7-12-3-2-10/h4-6H,2-3,7H2,1H3. The van der Waals surface area contributed by atoms with Gasteiger partial charge in [-0.1, -0.05) is 6.07 Å². The van der Waals surface area contributed by atoms with Crippen LogP contribution in [0.2, 0.25) is 0 Å². The van der Waals surface area contributed by atoms with Crippen LogP contribution in [0.15, 0.2) is 18.5 Å². The molecule has 1 aromatic rings. The summed E-state index contributed by atoms with van der Waals surface area (Å²) in [6.45, 7) is 2.06. The van der Waals surface area contributed by atoms with Crippen molar-refractivity contribution in [1.82, 2.24) is 4.98 Å². The van der Waals surface area contributed by atoms with Gasteiger partial charge in [0.15, 0.2) is 0 Å². The predicted molar refractivity (Wildman–Crippen MR) is 55.9 cm³/mol. The fraction of sp³-hybridized carbons (Fsp3) is 0.444. The van der Waals surface area contributed by atoms with Crippen LogP contribution >= 0.6 is 23.4 Å². The summed E-state index contributed by atoms with van der Waals surface area (Å²) in [5, 5.41) is 0. The van der Waals surface area contributed by atoms with Gasteiger partial charge in [-0.15, -0.1) is 11.6 Å². The Balaban J connectivity index is 2.41. The lowest BCUT2D eigenvalue weighted by Crippen LogP contribution is -1.86. The van der Waals surface area contributed by atoms with E-state index < -0.39 is 0 Å². The third-order valence-corrected chi connectivity index (χ3v) is 2.87. The number of nitrogens with zero attached hydrogens (tertiary/aromatic N) is 1. The van der Waals surface area contributed by atoms with Gasteiger partial charge in [0, 0.05) is 29.8 Å². The highest BCUT2D eigenvalue weighted by Crippen LogP contribution is 2.11. The first-order valence-corrected chi connectivity index (χ1v) is 5.56. The molecule has 1 rings (SSSR count). The molecular weight excluding hydrogens is 190 g/mol. The van der Waals surface area contributed by atoms with Gasteiger partial charge in [0.2, 0.25) is 0 Å². The number of aromatic nitrogens is 1. The highest BCUT2D eigenvalue weighted by Gasteiger charge is 1.93. The third kappa shape index (κ3) is 3.46. The van der Waals surface area contributed by atoms with E-state index in [1.54, 1.807) is 0 Å². The van der Waals surface area contributed by atoms with E-state index >= 15 is 0 Å². The Kier molecular flexibility index (Phi) is 4.48. The van der Waals surface area contributed by atoms with Gasteiger partial charge in [-0.3, -0.25) is 4.98 Å². The van der Waals surface area contributed by atoms with Crippen LogP contribution in [0.4, 0.5) is 0 Å². The smallest absolute Gasteiger partial charge is 0.0314 e. The second-order valence-corrected chi connectivity index (χ2v) is 4.10. The van der Waals surface area contributed by atoms with Crippen LogP contribution in [0.5, 0.6) is 0 Å². The Hall–Kier alpha value is -0.210. The highest BCUT2D eigenvalue weighted by molar-refractivity contribution is 7.98. The number of aryl methyl sites for hydroxylation is 1. The normalized spacial score (nSPS) is 10.2. The van der Waals surface area contributed by atoms with E-state index in [0.717, 1.165) is 17.4 Å². The Bertz CT molecular complexity index is 240. The van der Waals surface area contributed by atoms with Gasteiger partial charge >= 0.3 is 0 Å². The summed E-state index contributed by atoms with van der Waals surface area (Å²) in [6, 6.07) is 2.16. The van der Waals surface area contributed by atoms with Crippen LogP contribution in [0.1, 0.15) is 11.1 Å². The molecule has 0 aliphatic rings. The number of hydrogen-bond donors (Lipinski definition) is 0. The zero-order chi connectivity index (χ0) is 8.81. The fourth-order valence-electron chi connectivity index (χ4n) is 0.941. The molecule has 12 heavy (non-hydrogen) atoms.